The van der Waals surface area contributed by atoms with Crippen LogP contribution in [-0.2, 0) is 12.2 Å². The van der Waals surface area contributed by atoms with Crippen LogP contribution in [0.15, 0.2) is 57.0 Å². The summed E-state index contributed by atoms with van der Waals surface area (Å²) in [5, 5.41) is 10.6. The summed E-state index contributed by atoms with van der Waals surface area (Å²) in [5.41, 5.74) is 2.83. The number of aryl methyl sites for hydroxylation is 1. The topological polar surface area (TPSA) is 60.4 Å². The molecule has 4 aromatic rings. The molecular weight excluding hydrogens is 358 g/mol. The molecule has 0 radical (unpaired) electrons. The predicted octanol–water partition coefficient (Wildman–Crippen LogP) is 4.34. The maximum absolute atomic E-state index is 11.9. The first-order valence-corrected chi connectivity index (χ1v) is 9.20. The lowest BCUT2D eigenvalue weighted by Crippen LogP contribution is -2.01. The highest BCUT2D eigenvalue weighted by atomic mass is 35.5. The van der Waals surface area contributed by atoms with E-state index in [4.69, 9.17) is 16.0 Å². The van der Waals surface area contributed by atoms with E-state index in [0.717, 1.165) is 33.7 Å². The van der Waals surface area contributed by atoms with Gasteiger partial charge in [0.25, 0.3) is 0 Å². The highest BCUT2D eigenvalue weighted by Crippen LogP contribution is 2.29. The fourth-order valence-corrected chi connectivity index (χ4v) is 3.95. The quantitative estimate of drug-likeness (QED) is 0.394. The van der Waals surface area contributed by atoms with Crippen molar-refractivity contribution in [3.63, 3.8) is 0 Å². The highest BCUT2D eigenvalue weighted by molar-refractivity contribution is 7.98. The second-order valence-corrected chi connectivity index (χ2v) is 6.93. The van der Waals surface area contributed by atoms with Gasteiger partial charge in [0.1, 0.15) is 5.58 Å². The zero-order valence-corrected chi connectivity index (χ0v) is 15.0. The number of pyridine rings is 1. The Hall–Kier alpha value is -2.31. The number of rotatable bonds is 4. The van der Waals surface area contributed by atoms with Crippen LogP contribution in [0.25, 0.3) is 16.6 Å². The Labute approximate surface area is 152 Å². The zero-order valence-electron chi connectivity index (χ0n) is 13.4. The molecule has 126 valence electrons. The van der Waals surface area contributed by atoms with Crippen molar-refractivity contribution in [2.24, 2.45) is 0 Å². The lowest BCUT2D eigenvalue weighted by atomic mass is 10.1. The standard InChI is InChI=1S/C18H14ClN3O2S/c1-2-11-7-15-13(9-14(11)19)12(8-17(23)24-15)10-25-18-21-20-16-5-3-4-6-22(16)18/h3-9H,2,10H2,1H3. The van der Waals surface area contributed by atoms with Gasteiger partial charge in [-0.2, -0.15) is 0 Å². The predicted molar refractivity (Wildman–Crippen MR) is 99.4 cm³/mol. The smallest absolute Gasteiger partial charge is 0.336 e. The van der Waals surface area contributed by atoms with E-state index in [2.05, 4.69) is 10.2 Å². The number of nitrogens with zero attached hydrogens (tertiary/aromatic N) is 3. The summed E-state index contributed by atoms with van der Waals surface area (Å²) in [6.07, 6.45) is 2.70. The van der Waals surface area contributed by atoms with Crippen LogP contribution in [0.1, 0.15) is 18.1 Å². The van der Waals surface area contributed by atoms with E-state index in [9.17, 15) is 4.79 Å². The van der Waals surface area contributed by atoms with Gasteiger partial charge in [-0.25, -0.2) is 4.79 Å². The monoisotopic (exact) mass is 371 g/mol. The van der Waals surface area contributed by atoms with Crippen molar-refractivity contribution >= 4 is 40.0 Å². The summed E-state index contributed by atoms with van der Waals surface area (Å²) in [6, 6.07) is 11.0. The van der Waals surface area contributed by atoms with Crippen molar-refractivity contribution in [3.8, 4) is 0 Å². The molecule has 0 unspecified atom stereocenters. The molecule has 0 spiro atoms. The number of benzene rings is 1. The van der Waals surface area contributed by atoms with Crippen LogP contribution in [0.3, 0.4) is 0 Å². The van der Waals surface area contributed by atoms with Gasteiger partial charge in [-0.15, -0.1) is 10.2 Å². The fourth-order valence-electron chi connectivity index (χ4n) is 2.74. The number of fused-ring (bicyclic) bond motifs is 2. The van der Waals surface area contributed by atoms with Gasteiger partial charge in [0.05, 0.1) is 0 Å². The van der Waals surface area contributed by atoms with Crippen LogP contribution in [0, 0.1) is 0 Å². The molecule has 3 heterocycles. The Morgan fingerprint density at radius 2 is 2.08 bits per heavy atom. The maximum Gasteiger partial charge on any atom is 0.336 e. The van der Waals surface area contributed by atoms with Crippen molar-refractivity contribution in [3.05, 3.63) is 69.2 Å². The molecular formula is C18H14ClN3O2S. The molecule has 4 rings (SSSR count). The van der Waals surface area contributed by atoms with Crippen LogP contribution in [0.4, 0.5) is 0 Å². The Morgan fingerprint density at radius 3 is 2.92 bits per heavy atom. The second kappa shape index (κ2) is 6.54. The molecule has 0 aliphatic heterocycles. The van der Waals surface area contributed by atoms with E-state index >= 15 is 0 Å². The van der Waals surface area contributed by atoms with E-state index in [-0.39, 0.29) is 5.63 Å². The number of aromatic nitrogens is 3. The molecule has 3 aromatic heterocycles. The molecule has 0 bridgehead atoms. The van der Waals surface area contributed by atoms with E-state index < -0.39 is 0 Å². The molecule has 0 fully saturated rings. The summed E-state index contributed by atoms with van der Waals surface area (Å²) in [7, 11) is 0. The summed E-state index contributed by atoms with van der Waals surface area (Å²) >= 11 is 7.85. The Balaban J connectivity index is 1.73. The number of halogens is 1. The Bertz CT molecular complexity index is 1140. The molecule has 0 N–H and O–H groups in total. The van der Waals surface area contributed by atoms with Gasteiger partial charge >= 0.3 is 5.63 Å². The third kappa shape index (κ3) is 3.03. The second-order valence-electron chi connectivity index (χ2n) is 5.58. The summed E-state index contributed by atoms with van der Waals surface area (Å²) in [6.45, 7) is 2.02. The van der Waals surface area contributed by atoms with Crippen molar-refractivity contribution < 1.29 is 4.42 Å². The van der Waals surface area contributed by atoms with Gasteiger partial charge < -0.3 is 4.42 Å². The van der Waals surface area contributed by atoms with Crippen molar-refractivity contribution in [1.82, 2.24) is 14.6 Å². The minimum atomic E-state index is -0.362. The number of hydrogen-bond acceptors (Lipinski definition) is 5. The van der Waals surface area contributed by atoms with Crippen LogP contribution in [0.2, 0.25) is 5.02 Å². The lowest BCUT2D eigenvalue weighted by molar-refractivity contribution is 0.559. The normalized spacial score (nSPS) is 11.4. The number of thioether (sulfide) groups is 1. The van der Waals surface area contributed by atoms with E-state index in [1.54, 1.807) is 0 Å². The summed E-state index contributed by atoms with van der Waals surface area (Å²) < 4.78 is 7.27. The van der Waals surface area contributed by atoms with Gasteiger partial charge in [-0.3, -0.25) is 4.40 Å². The Kier molecular flexibility index (Phi) is 4.23. The number of hydrogen-bond donors (Lipinski definition) is 0. The van der Waals surface area contributed by atoms with Crippen LogP contribution >= 0.6 is 23.4 Å². The highest BCUT2D eigenvalue weighted by Gasteiger charge is 2.12. The first-order valence-electron chi connectivity index (χ1n) is 7.83. The Morgan fingerprint density at radius 1 is 1.20 bits per heavy atom. The molecule has 5 nitrogen and oxygen atoms in total. The molecule has 0 aliphatic carbocycles. The summed E-state index contributed by atoms with van der Waals surface area (Å²) in [4.78, 5) is 11.9. The van der Waals surface area contributed by atoms with Gasteiger partial charge in [0, 0.05) is 28.4 Å². The van der Waals surface area contributed by atoms with E-state index in [0.29, 0.717) is 16.4 Å². The van der Waals surface area contributed by atoms with Crippen LogP contribution < -0.4 is 5.63 Å². The minimum Gasteiger partial charge on any atom is -0.423 e. The first-order chi connectivity index (χ1) is 12.2. The minimum absolute atomic E-state index is 0.362. The average molecular weight is 372 g/mol. The molecule has 0 aliphatic rings. The molecule has 25 heavy (non-hydrogen) atoms. The molecule has 0 saturated heterocycles. The molecule has 7 heteroatoms. The molecule has 1 aromatic carbocycles. The average Bonchev–Trinajstić information content (AvgIpc) is 3.03. The third-order valence-corrected chi connectivity index (χ3v) is 5.36. The van der Waals surface area contributed by atoms with Crippen LogP contribution in [0.5, 0.6) is 0 Å². The van der Waals surface area contributed by atoms with E-state index in [1.165, 1.54) is 17.8 Å². The molecule has 0 saturated carbocycles. The van der Waals surface area contributed by atoms with Crippen molar-refractivity contribution in [2.45, 2.75) is 24.3 Å². The van der Waals surface area contributed by atoms with Crippen LogP contribution in [-0.4, -0.2) is 14.6 Å². The summed E-state index contributed by atoms with van der Waals surface area (Å²) in [5.74, 6) is 0.569. The van der Waals surface area contributed by atoms with Gasteiger partial charge in [0.2, 0.25) is 0 Å². The van der Waals surface area contributed by atoms with Gasteiger partial charge in [-0.05, 0) is 41.8 Å². The van der Waals surface area contributed by atoms with Gasteiger partial charge in [-0.1, -0.05) is 36.4 Å². The van der Waals surface area contributed by atoms with Crippen molar-refractivity contribution in [2.75, 3.05) is 0 Å². The third-order valence-electron chi connectivity index (χ3n) is 4.02. The first kappa shape index (κ1) is 16.2. The molecule has 0 amide bonds. The fraction of sp³-hybridized carbons (Fsp3) is 0.167. The van der Waals surface area contributed by atoms with Crippen molar-refractivity contribution in [1.29, 1.82) is 0 Å². The van der Waals surface area contributed by atoms with E-state index in [1.807, 2.05) is 47.9 Å². The zero-order chi connectivity index (χ0) is 17.4. The SMILES string of the molecule is CCc1cc2oc(=O)cc(CSc3nnc4ccccn34)c2cc1Cl. The largest absolute Gasteiger partial charge is 0.423 e. The maximum atomic E-state index is 11.9. The lowest BCUT2D eigenvalue weighted by Gasteiger charge is -2.08. The molecule has 0 atom stereocenters. The van der Waals surface area contributed by atoms with Gasteiger partial charge in [0.15, 0.2) is 10.8 Å².